The molecule has 2 aliphatic rings. The summed E-state index contributed by atoms with van der Waals surface area (Å²) in [5.74, 6) is 1.06. The lowest BCUT2D eigenvalue weighted by molar-refractivity contribution is 0.357. The monoisotopic (exact) mass is 204 g/mol. The molecule has 2 aliphatic heterocycles. The van der Waals surface area contributed by atoms with Crippen LogP contribution in [0.25, 0.3) is 0 Å². The van der Waals surface area contributed by atoms with E-state index in [0.29, 0.717) is 6.04 Å². The lowest BCUT2D eigenvalue weighted by Gasteiger charge is -2.20. The average Bonchev–Trinajstić information content (AvgIpc) is 2.84. The van der Waals surface area contributed by atoms with Crippen LogP contribution in [-0.2, 0) is 6.42 Å². The van der Waals surface area contributed by atoms with Gasteiger partial charge in [0.05, 0.1) is 6.61 Å². The predicted octanol–water partition coefficient (Wildman–Crippen LogP) is 1.16. The van der Waals surface area contributed by atoms with Crippen molar-refractivity contribution >= 4 is 5.69 Å². The molecule has 0 saturated carbocycles. The molecule has 1 atom stereocenters. The van der Waals surface area contributed by atoms with Crippen LogP contribution in [0.15, 0.2) is 18.2 Å². The fourth-order valence-corrected chi connectivity index (χ4v) is 2.51. The Labute approximate surface area is 89.8 Å². The van der Waals surface area contributed by atoms with Crippen LogP contribution in [0.5, 0.6) is 5.75 Å². The third-order valence-electron chi connectivity index (χ3n) is 3.28. The van der Waals surface area contributed by atoms with E-state index in [1.807, 2.05) is 0 Å². The van der Waals surface area contributed by atoms with Gasteiger partial charge < -0.3 is 15.4 Å². The molecule has 0 bridgehead atoms. The molecule has 0 aromatic heterocycles. The maximum absolute atomic E-state index is 5.93. The number of nitrogens with zero attached hydrogens (tertiary/aromatic N) is 1. The molecule has 3 rings (SSSR count). The number of rotatable bonds is 1. The zero-order valence-electron chi connectivity index (χ0n) is 8.78. The second kappa shape index (κ2) is 3.42. The van der Waals surface area contributed by atoms with E-state index in [1.165, 1.54) is 11.3 Å². The van der Waals surface area contributed by atoms with Crippen molar-refractivity contribution in [1.29, 1.82) is 0 Å². The number of fused-ring (bicyclic) bond motifs is 1. The molecule has 1 unspecified atom stereocenters. The Hall–Kier alpha value is -1.22. The Morgan fingerprint density at radius 1 is 1.40 bits per heavy atom. The minimum atomic E-state index is 0.336. The summed E-state index contributed by atoms with van der Waals surface area (Å²) in [4.78, 5) is 2.39. The van der Waals surface area contributed by atoms with E-state index >= 15 is 0 Å². The molecule has 1 aromatic carbocycles. The van der Waals surface area contributed by atoms with Gasteiger partial charge in [0.1, 0.15) is 5.75 Å². The maximum atomic E-state index is 5.93. The number of hydrogen-bond donors (Lipinski definition) is 1. The van der Waals surface area contributed by atoms with Crippen molar-refractivity contribution in [1.82, 2.24) is 0 Å². The van der Waals surface area contributed by atoms with Gasteiger partial charge in [-0.2, -0.15) is 0 Å². The van der Waals surface area contributed by atoms with Gasteiger partial charge in [0, 0.05) is 36.8 Å². The summed E-state index contributed by atoms with van der Waals surface area (Å²) in [6.45, 7) is 2.89. The SMILES string of the molecule is NC1CCN(c2cccc3c2CCO3)C1. The van der Waals surface area contributed by atoms with Crippen molar-refractivity contribution < 1.29 is 4.74 Å². The van der Waals surface area contributed by atoms with Crippen LogP contribution in [0.3, 0.4) is 0 Å². The van der Waals surface area contributed by atoms with Crippen LogP contribution in [0, 0.1) is 0 Å². The molecule has 80 valence electrons. The van der Waals surface area contributed by atoms with Gasteiger partial charge in [-0.05, 0) is 18.6 Å². The molecular formula is C12H16N2O. The molecule has 1 fully saturated rings. The fraction of sp³-hybridized carbons (Fsp3) is 0.500. The number of hydrogen-bond acceptors (Lipinski definition) is 3. The van der Waals surface area contributed by atoms with Gasteiger partial charge in [0.15, 0.2) is 0 Å². The third kappa shape index (κ3) is 1.47. The number of nitrogens with two attached hydrogens (primary N) is 1. The highest BCUT2D eigenvalue weighted by atomic mass is 16.5. The van der Waals surface area contributed by atoms with Crippen LogP contribution in [0.4, 0.5) is 5.69 Å². The largest absolute Gasteiger partial charge is 0.493 e. The van der Waals surface area contributed by atoms with E-state index in [0.717, 1.165) is 38.3 Å². The van der Waals surface area contributed by atoms with E-state index in [4.69, 9.17) is 10.5 Å². The normalized spacial score (nSPS) is 24.1. The van der Waals surface area contributed by atoms with Crippen LogP contribution < -0.4 is 15.4 Å². The molecule has 3 heteroatoms. The van der Waals surface area contributed by atoms with Gasteiger partial charge in [-0.1, -0.05) is 6.07 Å². The molecular weight excluding hydrogens is 188 g/mol. The first-order valence-corrected chi connectivity index (χ1v) is 5.60. The van der Waals surface area contributed by atoms with Crippen molar-refractivity contribution in [2.75, 3.05) is 24.6 Å². The molecule has 3 nitrogen and oxygen atoms in total. The Morgan fingerprint density at radius 2 is 2.33 bits per heavy atom. The van der Waals surface area contributed by atoms with Crippen molar-refractivity contribution in [3.63, 3.8) is 0 Å². The minimum absolute atomic E-state index is 0.336. The predicted molar refractivity (Wildman–Crippen MR) is 60.4 cm³/mol. The average molecular weight is 204 g/mol. The molecule has 0 radical (unpaired) electrons. The fourth-order valence-electron chi connectivity index (χ4n) is 2.51. The first-order valence-electron chi connectivity index (χ1n) is 5.60. The molecule has 2 heterocycles. The van der Waals surface area contributed by atoms with Crippen molar-refractivity contribution in [3.8, 4) is 5.75 Å². The second-order valence-corrected chi connectivity index (χ2v) is 4.35. The summed E-state index contributed by atoms with van der Waals surface area (Å²) in [6, 6.07) is 6.65. The standard InChI is InChI=1S/C12H16N2O/c13-9-4-6-14(8-9)11-2-1-3-12-10(11)5-7-15-12/h1-3,9H,4-8,13H2. The van der Waals surface area contributed by atoms with Gasteiger partial charge >= 0.3 is 0 Å². The number of anilines is 1. The van der Waals surface area contributed by atoms with Crippen molar-refractivity contribution in [2.45, 2.75) is 18.9 Å². The molecule has 1 saturated heterocycles. The Balaban J connectivity index is 1.95. The van der Waals surface area contributed by atoms with E-state index in [9.17, 15) is 0 Å². The topological polar surface area (TPSA) is 38.5 Å². The third-order valence-corrected chi connectivity index (χ3v) is 3.28. The first kappa shape index (κ1) is 9.04. The Bertz CT molecular complexity index is 378. The molecule has 0 aliphatic carbocycles. The Morgan fingerprint density at radius 3 is 3.13 bits per heavy atom. The van der Waals surface area contributed by atoms with E-state index in [2.05, 4.69) is 23.1 Å². The second-order valence-electron chi connectivity index (χ2n) is 4.35. The highest BCUT2D eigenvalue weighted by molar-refractivity contribution is 5.61. The smallest absolute Gasteiger partial charge is 0.124 e. The van der Waals surface area contributed by atoms with Gasteiger partial charge in [-0.15, -0.1) is 0 Å². The van der Waals surface area contributed by atoms with Crippen molar-refractivity contribution in [2.24, 2.45) is 5.73 Å². The summed E-state index contributed by atoms with van der Waals surface area (Å²) >= 11 is 0. The zero-order chi connectivity index (χ0) is 10.3. The Kier molecular flexibility index (Phi) is 2.06. The molecule has 0 amide bonds. The lowest BCUT2D eigenvalue weighted by Crippen LogP contribution is -2.26. The summed E-state index contributed by atoms with van der Waals surface area (Å²) in [5, 5.41) is 0. The van der Waals surface area contributed by atoms with E-state index in [1.54, 1.807) is 0 Å². The summed E-state index contributed by atoms with van der Waals surface area (Å²) < 4.78 is 5.57. The number of ether oxygens (including phenoxy) is 1. The van der Waals surface area contributed by atoms with Gasteiger partial charge in [0.2, 0.25) is 0 Å². The van der Waals surface area contributed by atoms with Crippen LogP contribution in [0.2, 0.25) is 0 Å². The molecule has 15 heavy (non-hydrogen) atoms. The molecule has 1 aromatic rings. The quantitative estimate of drug-likeness (QED) is 0.746. The van der Waals surface area contributed by atoms with Crippen LogP contribution >= 0.6 is 0 Å². The number of benzene rings is 1. The summed E-state index contributed by atoms with van der Waals surface area (Å²) in [5.41, 5.74) is 8.63. The van der Waals surface area contributed by atoms with E-state index < -0.39 is 0 Å². The highest BCUT2D eigenvalue weighted by Crippen LogP contribution is 2.34. The van der Waals surface area contributed by atoms with Crippen molar-refractivity contribution in [3.05, 3.63) is 23.8 Å². The van der Waals surface area contributed by atoms with E-state index in [-0.39, 0.29) is 0 Å². The van der Waals surface area contributed by atoms with Crippen LogP contribution in [0.1, 0.15) is 12.0 Å². The molecule has 0 spiro atoms. The summed E-state index contributed by atoms with van der Waals surface area (Å²) in [6.07, 6.45) is 2.14. The maximum Gasteiger partial charge on any atom is 0.124 e. The zero-order valence-corrected chi connectivity index (χ0v) is 8.78. The van der Waals surface area contributed by atoms with Gasteiger partial charge in [-0.25, -0.2) is 0 Å². The summed E-state index contributed by atoms with van der Waals surface area (Å²) in [7, 11) is 0. The van der Waals surface area contributed by atoms with Gasteiger partial charge in [-0.3, -0.25) is 0 Å². The first-order chi connectivity index (χ1) is 7.34. The van der Waals surface area contributed by atoms with Crippen LogP contribution in [-0.4, -0.2) is 25.7 Å². The van der Waals surface area contributed by atoms with Gasteiger partial charge in [0.25, 0.3) is 0 Å². The molecule has 2 N–H and O–H groups in total. The minimum Gasteiger partial charge on any atom is -0.493 e. The highest BCUT2D eigenvalue weighted by Gasteiger charge is 2.24. The lowest BCUT2D eigenvalue weighted by atomic mass is 10.1.